The lowest BCUT2D eigenvalue weighted by molar-refractivity contribution is 0.0714. The van der Waals surface area contributed by atoms with Gasteiger partial charge in [0, 0.05) is 0 Å². The molecule has 8 heteroatoms. The van der Waals surface area contributed by atoms with E-state index in [2.05, 4.69) is 21.9 Å². The summed E-state index contributed by atoms with van der Waals surface area (Å²) in [5.74, 6) is 0.799. The predicted molar refractivity (Wildman–Crippen MR) is 114 cm³/mol. The van der Waals surface area contributed by atoms with E-state index in [1.165, 1.54) is 0 Å². The van der Waals surface area contributed by atoms with Gasteiger partial charge in [-0.05, 0) is 31.5 Å². The lowest BCUT2D eigenvalue weighted by Gasteiger charge is -2.44. The first-order chi connectivity index (χ1) is 13.8. The van der Waals surface area contributed by atoms with Gasteiger partial charge in [0.15, 0.2) is 5.82 Å². The largest absolute Gasteiger partial charge is 0.425 e. The van der Waals surface area contributed by atoms with Crippen molar-refractivity contribution in [3.05, 3.63) is 54.0 Å². The van der Waals surface area contributed by atoms with E-state index >= 15 is 0 Å². The van der Waals surface area contributed by atoms with Crippen molar-refractivity contribution in [2.45, 2.75) is 50.9 Å². The molecule has 0 bridgehead atoms. The molecule has 0 radical (unpaired) electrons. The number of nitrogens with one attached hydrogen (secondary N) is 2. The molecule has 7 nitrogen and oxygen atoms in total. The maximum absolute atomic E-state index is 12.5. The van der Waals surface area contributed by atoms with Gasteiger partial charge in [0.1, 0.15) is 17.0 Å². The van der Waals surface area contributed by atoms with Gasteiger partial charge in [0.05, 0.1) is 18.8 Å². The van der Waals surface area contributed by atoms with E-state index in [0.717, 1.165) is 31.2 Å². The minimum Gasteiger partial charge on any atom is -0.425 e. The van der Waals surface area contributed by atoms with Crippen molar-refractivity contribution in [1.82, 2.24) is 15.3 Å². The van der Waals surface area contributed by atoms with E-state index in [4.69, 9.17) is 4.74 Å². The average molecular weight is 413 g/mol. The van der Waals surface area contributed by atoms with Crippen LogP contribution in [0.15, 0.2) is 42.7 Å². The number of aromatic amines is 1. The van der Waals surface area contributed by atoms with Crippen molar-refractivity contribution in [3.63, 3.8) is 0 Å². The maximum Gasteiger partial charge on any atom is 0.277 e. The molecule has 1 amide bonds. The number of benzene rings is 1. The number of anilines is 1. The Kier molecular flexibility index (Phi) is 5.10. The van der Waals surface area contributed by atoms with Crippen LogP contribution in [0.25, 0.3) is 0 Å². The van der Waals surface area contributed by atoms with E-state index in [1.807, 2.05) is 35.2 Å². The molecule has 154 valence electrons. The fourth-order valence-electron chi connectivity index (χ4n) is 4.26. The van der Waals surface area contributed by atoms with Gasteiger partial charge in [-0.1, -0.05) is 49.8 Å². The van der Waals surface area contributed by atoms with Crippen LogP contribution in [0.1, 0.15) is 41.7 Å². The van der Waals surface area contributed by atoms with Gasteiger partial charge < -0.3 is 24.7 Å². The summed E-state index contributed by atoms with van der Waals surface area (Å²) in [6.45, 7) is 8.71. The lowest BCUT2D eigenvalue weighted by Crippen LogP contribution is -2.55. The summed E-state index contributed by atoms with van der Waals surface area (Å²) in [5, 5.41) is 2.86. The van der Waals surface area contributed by atoms with Crippen LogP contribution in [0, 0.1) is 0 Å². The number of nitrogens with zero attached hydrogens (tertiary/aromatic N) is 2. The molecule has 3 N–H and O–H groups in total. The highest BCUT2D eigenvalue weighted by Crippen LogP contribution is 2.42. The number of H-pyrrole nitrogens is 1. The standard InChI is InChI=1S/C21H28N4O3Si/c1-15-22-19(26)17-18(24-20(23-17)29(2,3)27)25(15)21(11-7-8-12-21)14-28-13-16-9-5-4-6-10-16/h4-6,9-10,27H,1,7-8,11-14H2,2-3H3,(H,22,26)(H,23,24). The molecule has 1 fully saturated rings. The molecule has 2 aliphatic rings. The first-order valence-corrected chi connectivity index (χ1v) is 13.0. The molecule has 0 atom stereocenters. The second-order valence-corrected chi connectivity index (χ2v) is 12.1. The van der Waals surface area contributed by atoms with Crippen LogP contribution in [0.3, 0.4) is 0 Å². The van der Waals surface area contributed by atoms with Crippen LogP contribution < -0.4 is 15.7 Å². The number of rotatable bonds is 6. The maximum atomic E-state index is 12.5. The number of carbonyl (C=O) groups is 1. The molecule has 4 rings (SSSR count). The zero-order chi connectivity index (χ0) is 20.6. The van der Waals surface area contributed by atoms with E-state index in [0.29, 0.717) is 36.0 Å². The first kappa shape index (κ1) is 19.9. The number of carbonyl (C=O) groups excluding carboxylic acids is 1. The predicted octanol–water partition coefficient (Wildman–Crippen LogP) is 2.36. The average Bonchev–Trinajstić information content (AvgIpc) is 3.31. The van der Waals surface area contributed by atoms with Gasteiger partial charge >= 0.3 is 0 Å². The number of fused-ring (bicyclic) bond motifs is 1. The van der Waals surface area contributed by atoms with Crippen molar-refractivity contribution >= 4 is 25.5 Å². The molecule has 2 aromatic rings. The van der Waals surface area contributed by atoms with Gasteiger partial charge in [0.2, 0.25) is 0 Å². The third-order valence-electron chi connectivity index (χ3n) is 5.72. The minimum atomic E-state index is -2.70. The summed E-state index contributed by atoms with van der Waals surface area (Å²) in [6.07, 6.45) is 4.02. The van der Waals surface area contributed by atoms with Crippen molar-refractivity contribution in [2.75, 3.05) is 11.5 Å². The molecule has 2 heterocycles. The number of aromatic nitrogens is 2. The molecule has 1 aliphatic heterocycles. The van der Waals surface area contributed by atoms with Gasteiger partial charge in [-0.3, -0.25) is 4.79 Å². The fraction of sp³-hybridized carbons (Fsp3) is 0.429. The highest BCUT2D eigenvalue weighted by Gasteiger charge is 2.47. The third kappa shape index (κ3) is 3.75. The van der Waals surface area contributed by atoms with Crippen LogP contribution in [0.4, 0.5) is 5.82 Å². The molecular formula is C21H28N4O3Si. The normalized spacial score (nSPS) is 18.7. The summed E-state index contributed by atoms with van der Waals surface area (Å²) in [5.41, 5.74) is 1.69. The number of imidazole rings is 1. The summed E-state index contributed by atoms with van der Waals surface area (Å²) >= 11 is 0. The van der Waals surface area contributed by atoms with Gasteiger partial charge in [-0.25, -0.2) is 4.98 Å². The summed E-state index contributed by atoms with van der Waals surface area (Å²) < 4.78 is 6.15. The highest BCUT2D eigenvalue weighted by atomic mass is 28.4. The fourth-order valence-corrected chi connectivity index (χ4v) is 5.07. The zero-order valence-corrected chi connectivity index (χ0v) is 18.0. The van der Waals surface area contributed by atoms with E-state index < -0.39 is 8.32 Å². The Morgan fingerprint density at radius 3 is 2.62 bits per heavy atom. The Morgan fingerprint density at radius 2 is 1.97 bits per heavy atom. The zero-order valence-electron chi connectivity index (χ0n) is 17.0. The van der Waals surface area contributed by atoms with Crippen LogP contribution in [0.5, 0.6) is 0 Å². The van der Waals surface area contributed by atoms with Crippen LogP contribution in [-0.4, -0.2) is 41.1 Å². The van der Waals surface area contributed by atoms with E-state index in [9.17, 15) is 9.59 Å². The molecule has 29 heavy (non-hydrogen) atoms. The minimum absolute atomic E-state index is 0.267. The second-order valence-electron chi connectivity index (χ2n) is 8.49. The Balaban J connectivity index is 1.64. The van der Waals surface area contributed by atoms with Gasteiger partial charge in [0.25, 0.3) is 14.2 Å². The third-order valence-corrected chi connectivity index (χ3v) is 7.12. The summed E-state index contributed by atoms with van der Waals surface area (Å²) in [6, 6.07) is 10.1. The quantitative estimate of drug-likeness (QED) is 0.634. The van der Waals surface area contributed by atoms with Gasteiger partial charge in [-0.2, -0.15) is 0 Å². The summed E-state index contributed by atoms with van der Waals surface area (Å²) in [7, 11) is -2.70. The first-order valence-electron chi connectivity index (χ1n) is 10.1. The Hall–Kier alpha value is -2.42. The molecule has 0 saturated heterocycles. The van der Waals surface area contributed by atoms with Crippen molar-refractivity contribution in [1.29, 1.82) is 0 Å². The van der Waals surface area contributed by atoms with Crippen molar-refractivity contribution in [3.8, 4) is 0 Å². The summed E-state index contributed by atoms with van der Waals surface area (Å²) in [4.78, 5) is 32.8. The van der Waals surface area contributed by atoms with Crippen LogP contribution in [-0.2, 0) is 11.3 Å². The number of hydrogen-bond donors (Lipinski definition) is 3. The number of amides is 1. The highest BCUT2D eigenvalue weighted by molar-refractivity contribution is 6.81. The smallest absolute Gasteiger partial charge is 0.277 e. The number of hydrogen-bond acceptors (Lipinski definition) is 5. The second kappa shape index (κ2) is 7.44. The lowest BCUT2D eigenvalue weighted by atomic mass is 9.95. The topological polar surface area (TPSA) is 90.5 Å². The Bertz CT molecular complexity index is 914. The monoisotopic (exact) mass is 412 g/mol. The molecule has 1 aliphatic carbocycles. The number of ether oxygens (including phenoxy) is 1. The van der Waals surface area contributed by atoms with Crippen LogP contribution in [0.2, 0.25) is 13.1 Å². The van der Waals surface area contributed by atoms with Crippen LogP contribution >= 0.6 is 0 Å². The van der Waals surface area contributed by atoms with E-state index in [1.54, 1.807) is 13.1 Å². The van der Waals surface area contributed by atoms with Gasteiger partial charge in [-0.15, -0.1) is 0 Å². The molecule has 0 spiro atoms. The SMILES string of the molecule is C=C1NC(=O)c2[nH]c([Si](C)(C)O)nc2N1C1(COCc2ccccc2)CCCC1. The molecule has 1 aromatic carbocycles. The molecule has 1 aromatic heterocycles. The molecular weight excluding hydrogens is 384 g/mol. The molecule has 0 unspecified atom stereocenters. The van der Waals surface area contributed by atoms with E-state index in [-0.39, 0.29) is 11.4 Å². The van der Waals surface area contributed by atoms with Crippen molar-refractivity contribution in [2.24, 2.45) is 0 Å². The Morgan fingerprint density at radius 1 is 1.28 bits per heavy atom. The Labute approximate surface area is 171 Å². The molecule has 1 saturated carbocycles. The van der Waals surface area contributed by atoms with Crippen molar-refractivity contribution < 1.29 is 14.3 Å².